The molecule has 2 heterocycles. The highest BCUT2D eigenvalue weighted by atomic mass is 16.5. The van der Waals surface area contributed by atoms with Crippen LogP contribution in [-0.4, -0.2) is 47.9 Å². The summed E-state index contributed by atoms with van der Waals surface area (Å²) in [4.78, 5) is 30.9. The maximum absolute atomic E-state index is 13.2. The van der Waals surface area contributed by atoms with Crippen LogP contribution in [-0.2, 0) is 16.0 Å². The number of amides is 2. The highest BCUT2D eigenvalue weighted by molar-refractivity contribution is 5.94. The van der Waals surface area contributed by atoms with Gasteiger partial charge in [0.1, 0.15) is 23.7 Å². The van der Waals surface area contributed by atoms with Gasteiger partial charge >= 0.3 is 0 Å². The zero-order chi connectivity index (χ0) is 24.6. The van der Waals surface area contributed by atoms with Crippen LogP contribution in [0.4, 0.5) is 5.82 Å². The lowest BCUT2D eigenvalue weighted by Crippen LogP contribution is -2.42. The molecule has 2 N–H and O–H groups in total. The molecular formula is C28H32N4O3. The van der Waals surface area contributed by atoms with Crippen LogP contribution >= 0.6 is 0 Å². The number of carbonyl (C=O) groups excluding carboxylic acids is 2. The van der Waals surface area contributed by atoms with E-state index in [0.29, 0.717) is 37.5 Å². The smallest absolute Gasteiger partial charge is 0.247 e. The van der Waals surface area contributed by atoms with Crippen molar-refractivity contribution in [3.8, 4) is 5.75 Å². The van der Waals surface area contributed by atoms with E-state index in [9.17, 15) is 9.59 Å². The summed E-state index contributed by atoms with van der Waals surface area (Å²) in [7, 11) is 1.78. The normalized spacial score (nSPS) is 16.6. The van der Waals surface area contributed by atoms with Crippen molar-refractivity contribution < 1.29 is 14.3 Å². The fourth-order valence-electron chi connectivity index (χ4n) is 4.11. The Morgan fingerprint density at radius 2 is 1.89 bits per heavy atom. The molecule has 1 aliphatic heterocycles. The molecule has 0 aliphatic carbocycles. The van der Waals surface area contributed by atoms with Gasteiger partial charge in [-0.3, -0.25) is 9.59 Å². The van der Waals surface area contributed by atoms with Crippen molar-refractivity contribution in [1.82, 2.24) is 15.2 Å². The monoisotopic (exact) mass is 472 g/mol. The number of likely N-dealkylation sites (N-methyl/N-ethyl adjacent to an activating group) is 1. The van der Waals surface area contributed by atoms with Crippen LogP contribution in [0.15, 0.2) is 72.9 Å². The molecule has 0 saturated carbocycles. The number of aryl methyl sites for hydroxylation is 1. The van der Waals surface area contributed by atoms with Crippen LogP contribution in [0.1, 0.15) is 35.6 Å². The predicted molar refractivity (Wildman–Crippen MR) is 136 cm³/mol. The second kappa shape index (κ2) is 11.6. The topological polar surface area (TPSA) is 83.6 Å². The summed E-state index contributed by atoms with van der Waals surface area (Å²) in [5.41, 5.74) is 3.35. The number of benzene rings is 2. The van der Waals surface area contributed by atoms with Crippen molar-refractivity contribution in [2.75, 3.05) is 25.5 Å². The number of nitrogens with one attached hydrogen (secondary N) is 2. The second-order valence-corrected chi connectivity index (χ2v) is 8.95. The first-order valence-corrected chi connectivity index (χ1v) is 12.0. The highest BCUT2D eigenvalue weighted by Crippen LogP contribution is 2.20. The van der Waals surface area contributed by atoms with E-state index in [1.807, 2.05) is 30.3 Å². The lowest BCUT2D eigenvalue weighted by Gasteiger charge is -2.29. The van der Waals surface area contributed by atoms with Gasteiger partial charge in [0.2, 0.25) is 11.8 Å². The van der Waals surface area contributed by atoms with Gasteiger partial charge < -0.3 is 20.3 Å². The molecule has 1 saturated heterocycles. The van der Waals surface area contributed by atoms with E-state index < -0.39 is 6.04 Å². The predicted octanol–water partition coefficient (Wildman–Crippen LogP) is 3.90. The minimum absolute atomic E-state index is 0.0554. The SMILES string of the molecule is Cc1ccc(CCN[C@@H](C(=O)Nc2ccc(O[C@H]3CCC(=O)N(C)C3)cn2)c2ccccc2)cc1. The van der Waals surface area contributed by atoms with E-state index in [2.05, 4.69) is 46.8 Å². The van der Waals surface area contributed by atoms with Crippen molar-refractivity contribution in [3.05, 3.63) is 89.6 Å². The largest absolute Gasteiger partial charge is 0.487 e. The van der Waals surface area contributed by atoms with Gasteiger partial charge in [0.05, 0.1) is 12.7 Å². The number of hydrogen-bond acceptors (Lipinski definition) is 5. The second-order valence-electron chi connectivity index (χ2n) is 8.95. The number of likely N-dealkylation sites (tertiary alicyclic amines) is 1. The summed E-state index contributed by atoms with van der Waals surface area (Å²) in [6.45, 7) is 3.29. The van der Waals surface area contributed by atoms with Crippen molar-refractivity contribution in [2.45, 2.75) is 38.3 Å². The lowest BCUT2D eigenvalue weighted by molar-refractivity contribution is -0.134. The summed E-state index contributed by atoms with van der Waals surface area (Å²) in [5, 5.41) is 6.32. The Hall–Kier alpha value is -3.71. The molecule has 2 aromatic carbocycles. The van der Waals surface area contributed by atoms with Crippen molar-refractivity contribution >= 4 is 17.6 Å². The Bertz CT molecular complexity index is 1120. The Morgan fingerprint density at radius 3 is 2.57 bits per heavy atom. The van der Waals surface area contributed by atoms with Gasteiger partial charge in [-0.1, -0.05) is 60.2 Å². The zero-order valence-electron chi connectivity index (χ0n) is 20.2. The maximum atomic E-state index is 13.2. The fraction of sp³-hybridized carbons (Fsp3) is 0.321. The molecule has 182 valence electrons. The van der Waals surface area contributed by atoms with Crippen LogP contribution in [0.3, 0.4) is 0 Å². The van der Waals surface area contributed by atoms with E-state index in [4.69, 9.17) is 4.74 Å². The van der Waals surface area contributed by atoms with Gasteiger partial charge in [-0.2, -0.15) is 0 Å². The molecule has 0 unspecified atom stereocenters. The van der Waals surface area contributed by atoms with Crippen LogP contribution in [0.5, 0.6) is 5.75 Å². The number of piperidine rings is 1. The number of carbonyl (C=O) groups is 2. The quantitative estimate of drug-likeness (QED) is 0.494. The molecule has 0 radical (unpaired) electrons. The fourth-order valence-corrected chi connectivity index (χ4v) is 4.11. The zero-order valence-corrected chi connectivity index (χ0v) is 20.2. The van der Waals surface area contributed by atoms with Gasteiger partial charge in [0, 0.05) is 20.0 Å². The third-order valence-electron chi connectivity index (χ3n) is 6.15. The van der Waals surface area contributed by atoms with E-state index in [0.717, 1.165) is 12.0 Å². The Balaban J connectivity index is 1.36. The van der Waals surface area contributed by atoms with E-state index in [-0.39, 0.29) is 17.9 Å². The van der Waals surface area contributed by atoms with Crippen LogP contribution in [0.25, 0.3) is 0 Å². The summed E-state index contributed by atoms with van der Waals surface area (Å²) in [6, 6.07) is 21.1. The number of aromatic nitrogens is 1. The molecule has 35 heavy (non-hydrogen) atoms. The third kappa shape index (κ3) is 6.90. The molecule has 0 spiro atoms. The number of pyridine rings is 1. The molecule has 1 aromatic heterocycles. The van der Waals surface area contributed by atoms with Crippen LogP contribution < -0.4 is 15.4 Å². The average Bonchev–Trinajstić information content (AvgIpc) is 2.87. The van der Waals surface area contributed by atoms with Gasteiger partial charge in [-0.25, -0.2) is 4.98 Å². The molecule has 3 aromatic rings. The summed E-state index contributed by atoms with van der Waals surface area (Å²) in [5.74, 6) is 1.04. The Labute approximate surface area is 206 Å². The molecule has 0 bridgehead atoms. The van der Waals surface area contributed by atoms with Crippen LogP contribution in [0, 0.1) is 6.92 Å². The van der Waals surface area contributed by atoms with E-state index in [1.54, 1.807) is 30.3 Å². The van der Waals surface area contributed by atoms with E-state index >= 15 is 0 Å². The number of rotatable bonds is 9. The minimum atomic E-state index is -0.505. The van der Waals surface area contributed by atoms with Crippen molar-refractivity contribution in [2.24, 2.45) is 0 Å². The van der Waals surface area contributed by atoms with Gasteiger partial charge in [-0.05, 0) is 43.0 Å². The molecule has 1 fully saturated rings. The standard InChI is InChI=1S/C28H32N4O3/c1-20-8-10-21(11-9-20)16-17-29-27(22-6-4-3-5-7-22)28(34)31-25-14-12-23(18-30-25)35-24-13-15-26(33)32(2)19-24/h3-12,14,18,24,27,29H,13,15-17,19H2,1-2H3,(H,30,31,34)/t24-,27+/m0/s1. The van der Waals surface area contributed by atoms with Gasteiger partial charge in [-0.15, -0.1) is 0 Å². The average molecular weight is 473 g/mol. The third-order valence-corrected chi connectivity index (χ3v) is 6.15. The molecular weight excluding hydrogens is 440 g/mol. The number of nitrogens with zero attached hydrogens (tertiary/aromatic N) is 2. The van der Waals surface area contributed by atoms with Gasteiger partial charge in [0.15, 0.2) is 0 Å². The van der Waals surface area contributed by atoms with E-state index in [1.165, 1.54) is 11.1 Å². The number of ether oxygens (including phenoxy) is 1. The Kier molecular flexibility index (Phi) is 8.11. The van der Waals surface area contributed by atoms with Crippen molar-refractivity contribution in [1.29, 1.82) is 0 Å². The summed E-state index contributed by atoms with van der Waals surface area (Å²) in [6.07, 6.45) is 3.55. The number of anilines is 1. The molecule has 2 atom stereocenters. The maximum Gasteiger partial charge on any atom is 0.247 e. The molecule has 2 amide bonds. The Morgan fingerprint density at radius 1 is 1.11 bits per heavy atom. The first-order valence-electron chi connectivity index (χ1n) is 12.0. The lowest BCUT2D eigenvalue weighted by atomic mass is 10.1. The summed E-state index contributed by atoms with van der Waals surface area (Å²) < 4.78 is 5.97. The van der Waals surface area contributed by atoms with Gasteiger partial charge in [0.25, 0.3) is 0 Å². The molecule has 1 aliphatic rings. The van der Waals surface area contributed by atoms with Crippen molar-refractivity contribution in [3.63, 3.8) is 0 Å². The minimum Gasteiger partial charge on any atom is -0.487 e. The van der Waals surface area contributed by atoms with Crippen LogP contribution in [0.2, 0.25) is 0 Å². The highest BCUT2D eigenvalue weighted by Gasteiger charge is 2.24. The molecule has 4 rings (SSSR count). The molecule has 7 nitrogen and oxygen atoms in total. The molecule has 7 heteroatoms. The first-order chi connectivity index (χ1) is 17.0. The summed E-state index contributed by atoms with van der Waals surface area (Å²) >= 11 is 0. The first kappa shape index (κ1) is 24.4. The number of hydrogen-bond donors (Lipinski definition) is 2.